The average Bonchev–Trinajstić information content (AvgIpc) is 2.97. The van der Waals surface area contributed by atoms with Crippen molar-refractivity contribution in [2.24, 2.45) is 0 Å². The summed E-state index contributed by atoms with van der Waals surface area (Å²) in [6, 6.07) is 10.8. The molecule has 2 aromatic rings. The Hall–Kier alpha value is -2.14. The Morgan fingerprint density at radius 3 is 2.48 bits per heavy atom. The number of thiophene rings is 1. The number of amides is 2. The molecule has 2 amide bonds. The normalized spacial score (nSPS) is 15.0. The molecule has 0 saturated carbocycles. The molecule has 2 heterocycles. The Morgan fingerprint density at radius 1 is 1.00 bits per heavy atom. The third-order valence-electron chi connectivity index (χ3n) is 4.01. The van der Waals surface area contributed by atoms with Crippen LogP contribution in [0.2, 0.25) is 0 Å². The molecular weight excluding hydrogens is 308 g/mol. The third kappa shape index (κ3) is 3.99. The summed E-state index contributed by atoms with van der Waals surface area (Å²) in [6.45, 7) is 1.65. The summed E-state index contributed by atoms with van der Waals surface area (Å²) >= 11 is 1.40. The fourth-order valence-electron chi connectivity index (χ4n) is 2.79. The molecule has 1 saturated heterocycles. The molecule has 23 heavy (non-hydrogen) atoms. The van der Waals surface area contributed by atoms with Crippen LogP contribution in [0.3, 0.4) is 0 Å². The fraction of sp³-hybridized carbons (Fsp3) is 0.333. The first-order valence-electron chi connectivity index (χ1n) is 7.98. The van der Waals surface area contributed by atoms with Crippen LogP contribution in [0.15, 0.2) is 41.8 Å². The van der Waals surface area contributed by atoms with E-state index in [0.717, 1.165) is 25.9 Å². The highest BCUT2D eigenvalue weighted by atomic mass is 32.1. The molecule has 1 fully saturated rings. The average molecular weight is 328 g/mol. The molecule has 1 aromatic heterocycles. The Morgan fingerprint density at radius 2 is 1.78 bits per heavy atom. The number of anilines is 1. The standard InChI is InChI=1S/C18H20N2O2S/c21-17(16-9-6-12-23-16)19-15-8-5-7-14(13-15)18(22)20-10-3-1-2-4-11-20/h5-9,12-13H,1-4,10-11H2,(H,19,21). The van der Waals surface area contributed by atoms with Gasteiger partial charge in [0.25, 0.3) is 11.8 Å². The van der Waals surface area contributed by atoms with Gasteiger partial charge in [-0.15, -0.1) is 11.3 Å². The van der Waals surface area contributed by atoms with E-state index in [1.807, 2.05) is 34.5 Å². The van der Waals surface area contributed by atoms with Gasteiger partial charge in [-0.25, -0.2) is 0 Å². The second kappa shape index (κ2) is 7.42. The summed E-state index contributed by atoms with van der Waals surface area (Å²) in [4.78, 5) is 27.3. The Balaban J connectivity index is 1.71. The van der Waals surface area contributed by atoms with Crippen LogP contribution < -0.4 is 5.32 Å². The summed E-state index contributed by atoms with van der Waals surface area (Å²) < 4.78 is 0. The van der Waals surface area contributed by atoms with Crippen LogP contribution >= 0.6 is 11.3 Å². The predicted octanol–water partition coefficient (Wildman–Crippen LogP) is 4.02. The number of nitrogens with one attached hydrogen (secondary N) is 1. The summed E-state index contributed by atoms with van der Waals surface area (Å²) in [5.74, 6) is -0.0847. The number of likely N-dealkylation sites (tertiary alicyclic amines) is 1. The maximum Gasteiger partial charge on any atom is 0.265 e. The SMILES string of the molecule is O=C(Nc1cccc(C(=O)N2CCCCCC2)c1)c1cccs1. The summed E-state index contributed by atoms with van der Waals surface area (Å²) in [5, 5.41) is 4.72. The largest absolute Gasteiger partial charge is 0.339 e. The minimum atomic E-state index is -0.139. The number of carbonyl (C=O) groups is 2. The number of nitrogens with zero attached hydrogens (tertiary/aromatic N) is 1. The van der Waals surface area contributed by atoms with Crippen LogP contribution in [0.5, 0.6) is 0 Å². The molecular formula is C18H20N2O2S. The second-order valence-electron chi connectivity index (χ2n) is 5.72. The molecule has 0 aliphatic carbocycles. The number of benzene rings is 1. The van der Waals surface area contributed by atoms with E-state index in [2.05, 4.69) is 5.32 Å². The minimum Gasteiger partial charge on any atom is -0.339 e. The number of hydrogen-bond acceptors (Lipinski definition) is 3. The van der Waals surface area contributed by atoms with Crippen molar-refractivity contribution in [3.8, 4) is 0 Å². The zero-order valence-corrected chi connectivity index (χ0v) is 13.8. The van der Waals surface area contributed by atoms with E-state index in [1.165, 1.54) is 24.2 Å². The van der Waals surface area contributed by atoms with Crippen molar-refractivity contribution in [1.29, 1.82) is 0 Å². The zero-order chi connectivity index (χ0) is 16.1. The molecule has 0 atom stereocenters. The molecule has 0 radical (unpaired) electrons. The Labute approximate surface area is 140 Å². The molecule has 4 nitrogen and oxygen atoms in total. The van der Waals surface area contributed by atoms with Crippen molar-refractivity contribution in [3.63, 3.8) is 0 Å². The summed E-state index contributed by atoms with van der Waals surface area (Å²) in [5.41, 5.74) is 1.29. The van der Waals surface area contributed by atoms with Crippen molar-refractivity contribution in [2.75, 3.05) is 18.4 Å². The zero-order valence-electron chi connectivity index (χ0n) is 13.0. The van der Waals surface area contributed by atoms with Gasteiger partial charge in [-0.05, 0) is 42.5 Å². The van der Waals surface area contributed by atoms with Gasteiger partial charge < -0.3 is 10.2 Å². The Bertz CT molecular complexity index is 674. The van der Waals surface area contributed by atoms with Gasteiger partial charge in [0.2, 0.25) is 0 Å². The quantitative estimate of drug-likeness (QED) is 0.925. The van der Waals surface area contributed by atoms with E-state index in [4.69, 9.17) is 0 Å². The molecule has 1 N–H and O–H groups in total. The lowest BCUT2D eigenvalue weighted by Crippen LogP contribution is -2.31. The minimum absolute atomic E-state index is 0.0547. The van der Waals surface area contributed by atoms with Crippen LogP contribution in [0.4, 0.5) is 5.69 Å². The molecule has 1 aliphatic rings. The van der Waals surface area contributed by atoms with E-state index in [-0.39, 0.29) is 11.8 Å². The predicted molar refractivity (Wildman–Crippen MR) is 93.1 cm³/mol. The van der Waals surface area contributed by atoms with E-state index < -0.39 is 0 Å². The lowest BCUT2D eigenvalue weighted by atomic mass is 10.1. The topological polar surface area (TPSA) is 49.4 Å². The first-order valence-corrected chi connectivity index (χ1v) is 8.86. The highest BCUT2D eigenvalue weighted by Crippen LogP contribution is 2.18. The molecule has 1 aromatic carbocycles. The number of rotatable bonds is 3. The van der Waals surface area contributed by atoms with Crippen molar-refractivity contribution in [2.45, 2.75) is 25.7 Å². The van der Waals surface area contributed by atoms with Crippen LogP contribution in [0.25, 0.3) is 0 Å². The smallest absolute Gasteiger partial charge is 0.265 e. The van der Waals surface area contributed by atoms with Gasteiger partial charge in [-0.1, -0.05) is 25.0 Å². The summed E-state index contributed by atoms with van der Waals surface area (Å²) in [6.07, 6.45) is 4.53. The van der Waals surface area contributed by atoms with Crippen LogP contribution in [0, 0.1) is 0 Å². The molecule has 0 unspecified atom stereocenters. The van der Waals surface area contributed by atoms with E-state index in [9.17, 15) is 9.59 Å². The first-order chi connectivity index (χ1) is 11.2. The maximum absolute atomic E-state index is 12.6. The monoisotopic (exact) mass is 328 g/mol. The highest BCUT2D eigenvalue weighted by molar-refractivity contribution is 7.12. The molecule has 0 spiro atoms. The van der Waals surface area contributed by atoms with Gasteiger partial charge >= 0.3 is 0 Å². The van der Waals surface area contributed by atoms with E-state index in [1.54, 1.807) is 12.1 Å². The van der Waals surface area contributed by atoms with Crippen molar-refractivity contribution in [3.05, 3.63) is 52.2 Å². The third-order valence-corrected chi connectivity index (χ3v) is 4.87. The van der Waals surface area contributed by atoms with E-state index in [0.29, 0.717) is 16.1 Å². The lowest BCUT2D eigenvalue weighted by molar-refractivity contribution is 0.0761. The van der Waals surface area contributed by atoms with Gasteiger partial charge in [-0.2, -0.15) is 0 Å². The molecule has 0 bridgehead atoms. The van der Waals surface area contributed by atoms with Gasteiger partial charge in [0, 0.05) is 24.3 Å². The van der Waals surface area contributed by atoms with E-state index >= 15 is 0 Å². The number of carbonyl (C=O) groups excluding carboxylic acids is 2. The van der Waals surface area contributed by atoms with Gasteiger partial charge in [0.05, 0.1) is 4.88 Å². The lowest BCUT2D eigenvalue weighted by Gasteiger charge is -2.20. The summed E-state index contributed by atoms with van der Waals surface area (Å²) in [7, 11) is 0. The molecule has 1 aliphatic heterocycles. The fourth-order valence-corrected chi connectivity index (χ4v) is 3.41. The second-order valence-corrected chi connectivity index (χ2v) is 6.67. The molecule has 3 rings (SSSR count). The highest BCUT2D eigenvalue weighted by Gasteiger charge is 2.17. The number of hydrogen-bond donors (Lipinski definition) is 1. The Kier molecular flexibility index (Phi) is 5.08. The van der Waals surface area contributed by atoms with Crippen LogP contribution in [0.1, 0.15) is 45.7 Å². The van der Waals surface area contributed by atoms with Crippen LogP contribution in [-0.4, -0.2) is 29.8 Å². The van der Waals surface area contributed by atoms with Crippen molar-refractivity contribution in [1.82, 2.24) is 4.90 Å². The van der Waals surface area contributed by atoms with Crippen LogP contribution in [-0.2, 0) is 0 Å². The van der Waals surface area contributed by atoms with Crippen molar-refractivity contribution >= 4 is 28.8 Å². The van der Waals surface area contributed by atoms with Gasteiger partial charge in [0.15, 0.2) is 0 Å². The first kappa shape index (κ1) is 15.7. The van der Waals surface area contributed by atoms with Gasteiger partial charge in [0.1, 0.15) is 0 Å². The van der Waals surface area contributed by atoms with Gasteiger partial charge in [-0.3, -0.25) is 9.59 Å². The van der Waals surface area contributed by atoms with Crippen molar-refractivity contribution < 1.29 is 9.59 Å². The molecule has 5 heteroatoms. The molecule has 120 valence electrons. The maximum atomic E-state index is 12.6.